The quantitative estimate of drug-likeness (QED) is 0.487. The van der Waals surface area contributed by atoms with E-state index >= 15 is 0 Å². The summed E-state index contributed by atoms with van der Waals surface area (Å²) in [5.74, 6) is 2.28. The fourth-order valence-electron chi connectivity index (χ4n) is 6.92. The standard InChI is InChI=1S/C30H39N5O2/c1-21-6-4-9-24(16-21)26-20-34(27(30(36)37)17-22-7-5-8-22)19-25(26)18-33-14-11-23(12-15-33)29-32-31-28-10-2-3-13-35(28)29/h2-4,6,9-10,13,16,22-23,25-27H,5,7-8,11-12,14-15,17-20H2,1H3,(H,36,37). The van der Waals surface area contributed by atoms with E-state index in [4.69, 9.17) is 0 Å². The average molecular weight is 502 g/mol. The van der Waals surface area contributed by atoms with Crippen molar-refractivity contribution in [2.24, 2.45) is 11.8 Å². The summed E-state index contributed by atoms with van der Waals surface area (Å²) in [6, 6.07) is 14.6. The number of aliphatic carboxylic acids is 1. The lowest BCUT2D eigenvalue weighted by Crippen LogP contribution is -2.43. The van der Waals surface area contributed by atoms with Gasteiger partial charge < -0.3 is 10.0 Å². The number of nitrogens with zero attached hydrogens (tertiary/aromatic N) is 5. The molecule has 0 bridgehead atoms. The maximum Gasteiger partial charge on any atom is 0.320 e. The molecule has 196 valence electrons. The normalized spacial score (nSPS) is 24.9. The minimum Gasteiger partial charge on any atom is -0.480 e. The Balaban J connectivity index is 1.15. The molecule has 1 aromatic carbocycles. The molecule has 2 aliphatic heterocycles. The van der Waals surface area contributed by atoms with E-state index in [1.807, 2.05) is 18.2 Å². The number of carboxylic acids is 1. The number of carboxylic acid groups (broad SMARTS) is 1. The lowest BCUT2D eigenvalue weighted by molar-refractivity contribution is -0.144. The first-order chi connectivity index (χ1) is 18.0. The maximum absolute atomic E-state index is 12.3. The highest BCUT2D eigenvalue weighted by Crippen LogP contribution is 2.39. The first kappa shape index (κ1) is 24.6. The highest BCUT2D eigenvalue weighted by molar-refractivity contribution is 5.73. The van der Waals surface area contributed by atoms with Gasteiger partial charge in [0.2, 0.25) is 0 Å². The monoisotopic (exact) mass is 501 g/mol. The molecular weight excluding hydrogens is 462 g/mol. The van der Waals surface area contributed by atoms with Crippen LogP contribution >= 0.6 is 0 Å². The van der Waals surface area contributed by atoms with Gasteiger partial charge in [-0.15, -0.1) is 10.2 Å². The fraction of sp³-hybridized carbons (Fsp3) is 0.567. The number of hydrogen-bond acceptors (Lipinski definition) is 5. The molecule has 7 heteroatoms. The number of hydrogen-bond donors (Lipinski definition) is 1. The van der Waals surface area contributed by atoms with Crippen LogP contribution in [0.2, 0.25) is 0 Å². The van der Waals surface area contributed by atoms with Crippen LogP contribution in [0.25, 0.3) is 5.65 Å². The zero-order valence-corrected chi connectivity index (χ0v) is 21.9. The zero-order valence-electron chi connectivity index (χ0n) is 21.9. The zero-order chi connectivity index (χ0) is 25.4. The molecule has 2 aromatic heterocycles. The third-order valence-electron chi connectivity index (χ3n) is 9.23. The van der Waals surface area contributed by atoms with Crippen LogP contribution in [0.4, 0.5) is 0 Å². The summed E-state index contributed by atoms with van der Waals surface area (Å²) in [5.41, 5.74) is 3.56. The number of aryl methyl sites for hydroxylation is 1. The van der Waals surface area contributed by atoms with Gasteiger partial charge in [0, 0.05) is 37.7 Å². The number of rotatable bonds is 8. The summed E-state index contributed by atoms with van der Waals surface area (Å²) in [6.07, 6.45) is 8.68. The Labute approximate surface area is 219 Å². The number of benzene rings is 1. The van der Waals surface area contributed by atoms with Crippen LogP contribution in [0.15, 0.2) is 48.7 Å². The number of likely N-dealkylation sites (tertiary alicyclic amines) is 2. The SMILES string of the molecule is Cc1cccc(C2CN(C(CC3CCC3)C(=O)O)CC2CN2CCC(c3nnc4ccccn34)CC2)c1. The van der Waals surface area contributed by atoms with Crippen molar-refractivity contribution in [3.8, 4) is 0 Å². The molecule has 37 heavy (non-hydrogen) atoms. The molecule has 0 radical (unpaired) electrons. The van der Waals surface area contributed by atoms with Crippen LogP contribution in [0.1, 0.15) is 67.3 Å². The van der Waals surface area contributed by atoms with E-state index in [1.54, 1.807) is 0 Å². The van der Waals surface area contributed by atoms with E-state index in [0.29, 0.717) is 23.7 Å². The predicted octanol–water partition coefficient (Wildman–Crippen LogP) is 4.58. The minimum atomic E-state index is -0.642. The van der Waals surface area contributed by atoms with Gasteiger partial charge >= 0.3 is 5.97 Å². The summed E-state index contributed by atoms with van der Waals surface area (Å²) in [4.78, 5) is 17.2. The van der Waals surface area contributed by atoms with Crippen LogP contribution < -0.4 is 0 Å². The van der Waals surface area contributed by atoms with Crippen LogP contribution in [0.3, 0.4) is 0 Å². The summed E-state index contributed by atoms with van der Waals surface area (Å²) in [7, 11) is 0. The van der Waals surface area contributed by atoms with Gasteiger partial charge in [0.25, 0.3) is 0 Å². The second kappa shape index (κ2) is 10.5. The highest BCUT2D eigenvalue weighted by Gasteiger charge is 2.41. The van der Waals surface area contributed by atoms with Gasteiger partial charge in [-0.25, -0.2) is 0 Å². The summed E-state index contributed by atoms with van der Waals surface area (Å²) >= 11 is 0. The largest absolute Gasteiger partial charge is 0.480 e. The van der Waals surface area contributed by atoms with E-state index in [1.165, 1.54) is 30.4 Å². The van der Waals surface area contributed by atoms with E-state index < -0.39 is 5.97 Å². The second-order valence-corrected chi connectivity index (χ2v) is 11.7. The number of carbonyl (C=O) groups is 1. The first-order valence-corrected chi connectivity index (χ1v) is 14.1. The fourth-order valence-corrected chi connectivity index (χ4v) is 6.92. The van der Waals surface area contributed by atoms with Gasteiger partial charge in [-0.2, -0.15) is 0 Å². The van der Waals surface area contributed by atoms with Crippen molar-refractivity contribution in [2.45, 2.75) is 63.3 Å². The van der Waals surface area contributed by atoms with Crippen molar-refractivity contribution in [3.63, 3.8) is 0 Å². The predicted molar refractivity (Wildman–Crippen MR) is 144 cm³/mol. The Morgan fingerprint density at radius 3 is 2.62 bits per heavy atom. The third-order valence-corrected chi connectivity index (χ3v) is 9.23. The van der Waals surface area contributed by atoms with Crippen molar-refractivity contribution in [2.75, 3.05) is 32.7 Å². The van der Waals surface area contributed by atoms with Gasteiger partial charge in [-0.3, -0.25) is 14.1 Å². The Bertz CT molecular complexity index is 1230. The smallest absolute Gasteiger partial charge is 0.320 e. The molecule has 0 amide bonds. The number of pyridine rings is 1. The summed E-state index contributed by atoms with van der Waals surface area (Å²) < 4.78 is 2.14. The number of piperidine rings is 1. The lowest BCUT2D eigenvalue weighted by atomic mass is 9.80. The Morgan fingerprint density at radius 1 is 1.05 bits per heavy atom. The summed E-state index contributed by atoms with van der Waals surface area (Å²) in [5, 5.41) is 19.0. The van der Waals surface area contributed by atoms with Crippen LogP contribution in [0, 0.1) is 18.8 Å². The molecule has 1 aliphatic carbocycles. The van der Waals surface area contributed by atoms with Gasteiger partial charge in [0.15, 0.2) is 5.65 Å². The topological polar surface area (TPSA) is 74.0 Å². The van der Waals surface area contributed by atoms with Crippen molar-refractivity contribution >= 4 is 11.6 Å². The number of fused-ring (bicyclic) bond motifs is 1. The first-order valence-electron chi connectivity index (χ1n) is 14.1. The van der Waals surface area contributed by atoms with Crippen molar-refractivity contribution < 1.29 is 9.90 Å². The van der Waals surface area contributed by atoms with Crippen LogP contribution in [0.5, 0.6) is 0 Å². The number of aromatic nitrogens is 3. The molecule has 2 saturated heterocycles. The second-order valence-electron chi connectivity index (χ2n) is 11.7. The van der Waals surface area contributed by atoms with E-state index in [2.05, 4.69) is 61.8 Å². The molecule has 0 spiro atoms. The molecule has 3 unspecified atom stereocenters. The molecule has 4 heterocycles. The molecule has 1 N–H and O–H groups in total. The van der Waals surface area contributed by atoms with E-state index in [9.17, 15) is 9.90 Å². The van der Waals surface area contributed by atoms with Crippen LogP contribution in [-0.2, 0) is 4.79 Å². The van der Waals surface area contributed by atoms with Gasteiger partial charge in [0.1, 0.15) is 11.9 Å². The van der Waals surface area contributed by atoms with Gasteiger partial charge in [-0.05, 0) is 68.8 Å². The van der Waals surface area contributed by atoms with Crippen molar-refractivity contribution in [3.05, 3.63) is 65.6 Å². The molecule has 3 fully saturated rings. The van der Waals surface area contributed by atoms with Gasteiger partial charge in [0.05, 0.1) is 0 Å². The minimum absolute atomic E-state index is 0.352. The Morgan fingerprint density at radius 2 is 1.89 bits per heavy atom. The van der Waals surface area contributed by atoms with Crippen molar-refractivity contribution in [1.29, 1.82) is 0 Å². The molecule has 6 rings (SSSR count). The highest BCUT2D eigenvalue weighted by atomic mass is 16.4. The molecular formula is C30H39N5O2. The van der Waals surface area contributed by atoms with E-state index in [-0.39, 0.29) is 6.04 Å². The molecule has 3 atom stereocenters. The average Bonchev–Trinajstić information content (AvgIpc) is 3.48. The van der Waals surface area contributed by atoms with Crippen molar-refractivity contribution in [1.82, 2.24) is 24.4 Å². The molecule has 3 aliphatic rings. The summed E-state index contributed by atoms with van der Waals surface area (Å²) in [6.45, 7) is 7.00. The molecule has 7 nitrogen and oxygen atoms in total. The van der Waals surface area contributed by atoms with Crippen LogP contribution in [-0.4, -0.2) is 74.2 Å². The Kier molecular flexibility index (Phi) is 7.00. The maximum atomic E-state index is 12.3. The Hall–Kier alpha value is -2.77. The van der Waals surface area contributed by atoms with Gasteiger partial charge in [-0.1, -0.05) is 55.2 Å². The van der Waals surface area contributed by atoms with E-state index in [0.717, 1.165) is 63.5 Å². The third kappa shape index (κ3) is 5.16. The molecule has 3 aromatic rings. The lowest BCUT2D eigenvalue weighted by Gasteiger charge is -2.34. The molecule has 1 saturated carbocycles.